The van der Waals surface area contributed by atoms with E-state index in [9.17, 15) is 13.2 Å². The summed E-state index contributed by atoms with van der Waals surface area (Å²) in [5, 5.41) is 0. The van der Waals surface area contributed by atoms with E-state index in [1.54, 1.807) is 6.07 Å². The van der Waals surface area contributed by atoms with E-state index < -0.39 is 22.0 Å². The Bertz CT molecular complexity index is 673. The van der Waals surface area contributed by atoms with E-state index in [4.69, 9.17) is 15.2 Å². The first-order chi connectivity index (χ1) is 10.00. The molecule has 0 radical (unpaired) electrons. The van der Waals surface area contributed by atoms with Gasteiger partial charge in [0.2, 0.25) is 15.9 Å². The zero-order valence-corrected chi connectivity index (χ0v) is 12.1. The van der Waals surface area contributed by atoms with Gasteiger partial charge < -0.3 is 15.2 Å². The summed E-state index contributed by atoms with van der Waals surface area (Å²) in [6, 6.07) is 3.68. The van der Waals surface area contributed by atoms with E-state index in [1.807, 2.05) is 0 Å². The first-order valence-electron chi connectivity index (χ1n) is 6.71. The summed E-state index contributed by atoms with van der Waals surface area (Å²) >= 11 is 0. The van der Waals surface area contributed by atoms with Crippen molar-refractivity contribution in [2.75, 3.05) is 19.8 Å². The number of carbonyl (C=O) groups excluding carboxylic acids is 1. The van der Waals surface area contributed by atoms with Crippen molar-refractivity contribution in [3.05, 3.63) is 18.2 Å². The molecular formula is C13H16N2O5S. The van der Waals surface area contributed by atoms with E-state index >= 15 is 0 Å². The van der Waals surface area contributed by atoms with Crippen LogP contribution < -0.4 is 15.2 Å². The van der Waals surface area contributed by atoms with Crippen molar-refractivity contribution in [2.45, 2.75) is 23.8 Å². The molecule has 1 unspecified atom stereocenters. The molecule has 3 rings (SSSR count). The Morgan fingerprint density at radius 3 is 2.67 bits per heavy atom. The Kier molecular flexibility index (Phi) is 3.50. The van der Waals surface area contributed by atoms with Gasteiger partial charge in [-0.2, -0.15) is 4.31 Å². The number of fused-ring (bicyclic) bond motifs is 1. The van der Waals surface area contributed by atoms with E-state index in [2.05, 4.69) is 0 Å². The number of carbonyl (C=O) groups is 1. The van der Waals surface area contributed by atoms with Crippen molar-refractivity contribution in [2.24, 2.45) is 5.73 Å². The molecular weight excluding hydrogens is 296 g/mol. The van der Waals surface area contributed by atoms with Crippen LogP contribution in [0.2, 0.25) is 0 Å². The highest BCUT2D eigenvalue weighted by Gasteiger charge is 2.38. The Balaban J connectivity index is 1.96. The molecule has 1 amide bonds. The second-order valence-electron chi connectivity index (χ2n) is 4.98. The summed E-state index contributed by atoms with van der Waals surface area (Å²) in [6.07, 6.45) is 1.08. The van der Waals surface area contributed by atoms with Crippen molar-refractivity contribution >= 4 is 15.9 Å². The van der Waals surface area contributed by atoms with Gasteiger partial charge in [-0.15, -0.1) is 0 Å². The predicted octanol–water partition coefficient (Wildman–Crippen LogP) is 0.0962. The molecule has 0 aromatic heterocycles. The Morgan fingerprint density at radius 1 is 1.24 bits per heavy atom. The third kappa shape index (κ3) is 2.44. The molecule has 7 nitrogen and oxygen atoms in total. The van der Waals surface area contributed by atoms with Crippen LogP contribution in [0.1, 0.15) is 12.8 Å². The number of ether oxygens (including phenoxy) is 2. The number of hydrogen-bond acceptors (Lipinski definition) is 5. The monoisotopic (exact) mass is 312 g/mol. The second-order valence-corrected chi connectivity index (χ2v) is 6.87. The lowest BCUT2D eigenvalue weighted by atomic mass is 10.2. The van der Waals surface area contributed by atoms with Crippen LogP contribution in [0.15, 0.2) is 23.1 Å². The molecule has 0 saturated carbocycles. The molecule has 1 aromatic carbocycles. The topological polar surface area (TPSA) is 98.9 Å². The molecule has 2 N–H and O–H groups in total. The van der Waals surface area contributed by atoms with Crippen LogP contribution >= 0.6 is 0 Å². The molecule has 2 aliphatic heterocycles. The van der Waals surface area contributed by atoms with Gasteiger partial charge in [0, 0.05) is 12.6 Å². The Hall–Kier alpha value is -1.80. The van der Waals surface area contributed by atoms with Crippen LogP contribution in [0.4, 0.5) is 0 Å². The first-order valence-corrected chi connectivity index (χ1v) is 8.15. The van der Waals surface area contributed by atoms with Gasteiger partial charge in [0.15, 0.2) is 11.5 Å². The van der Waals surface area contributed by atoms with Crippen molar-refractivity contribution in [1.82, 2.24) is 4.31 Å². The molecule has 1 aromatic rings. The minimum Gasteiger partial charge on any atom is -0.486 e. The van der Waals surface area contributed by atoms with Gasteiger partial charge in [-0.25, -0.2) is 8.42 Å². The summed E-state index contributed by atoms with van der Waals surface area (Å²) in [6.45, 7) is 1.11. The van der Waals surface area contributed by atoms with Crippen molar-refractivity contribution in [1.29, 1.82) is 0 Å². The lowest BCUT2D eigenvalue weighted by molar-refractivity contribution is -0.121. The maximum Gasteiger partial charge on any atom is 0.243 e. The molecule has 1 fully saturated rings. The molecule has 8 heteroatoms. The third-order valence-corrected chi connectivity index (χ3v) is 5.56. The molecule has 2 heterocycles. The quantitative estimate of drug-likeness (QED) is 0.853. The van der Waals surface area contributed by atoms with Gasteiger partial charge in [-0.05, 0) is 25.0 Å². The molecule has 0 bridgehead atoms. The van der Waals surface area contributed by atoms with Crippen LogP contribution in [0.25, 0.3) is 0 Å². The summed E-state index contributed by atoms with van der Waals surface area (Å²) in [5.74, 6) is 0.304. The molecule has 2 aliphatic rings. The van der Waals surface area contributed by atoms with Gasteiger partial charge in [0.1, 0.15) is 19.3 Å². The van der Waals surface area contributed by atoms with Crippen LogP contribution in [-0.4, -0.2) is 44.4 Å². The number of nitrogens with two attached hydrogens (primary N) is 1. The number of rotatable bonds is 3. The number of benzene rings is 1. The molecule has 114 valence electrons. The number of hydrogen-bond donors (Lipinski definition) is 1. The molecule has 0 aliphatic carbocycles. The first kappa shape index (κ1) is 14.2. The minimum atomic E-state index is -3.77. The summed E-state index contributed by atoms with van der Waals surface area (Å²) in [4.78, 5) is 11.5. The third-order valence-electron chi connectivity index (χ3n) is 3.65. The van der Waals surface area contributed by atoms with Crippen LogP contribution in [-0.2, 0) is 14.8 Å². The van der Waals surface area contributed by atoms with Gasteiger partial charge in [-0.3, -0.25) is 4.79 Å². The van der Waals surface area contributed by atoms with Gasteiger partial charge in [0.05, 0.1) is 4.90 Å². The number of amides is 1. The van der Waals surface area contributed by atoms with E-state index in [-0.39, 0.29) is 4.90 Å². The van der Waals surface area contributed by atoms with Crippen molar-refractivity contribution < 1.29 is 22.7 Å². The maximum atomic E-state index is 12.7. The van der Waals surface area contributed by atoms with E-state index in [0.717, 1.165) is 0 Å². The van der Waals surface area contributed by atoms with E-state index in [0.29, 0.717) is 44.1 Å². The number of nitrogens with zero attached hydrogens (tertiary/aromatic N) is 1. The second kappa shape index (κ2) is 5.19. The lowest BCUT2D eigenvalue weighted by Crippen LogP contribution is -2.43. The Morgan fingerprint density at radius 2 is 1.95 bits per heavy atom. The zero-order chi connectivity index (χ0) is 15.0. The number of sulfonamides is 1. The van der Waals surface area contributed by atoms with Crippen molar-refractivity contribution in [3.63, 3.8) is 0 Å². The fourth-order valence-corrected chi connectivity index (χ4v) is 4.31. The van der Waals surface area contributed by atoms with Crippen molar-refractivity contribution in [3.8, 4) is 11.5 Å². The van der Waals surface area contributed by atoms with Gasteiger partial charge in [-0.1, -0.05) is 0 Å². The standard InChI is InChI=1S/C13H16N2O5S/c14-13(16)10-2-1-5-15(10)21(17,18)9-3-4-11-12(8-9)20-7-6-19-11/h3-4,8,10H,1-2,5-7H2,(H2,14,16). The molecule has 1 saturated heterocycles. The lowest BCUT2D eigenvalue weighted by Gasteiger charge is -2.23. The predicted molar refractivity (Wildman–Crippen MR) is 73.5 cm³/mol. The summed E-state index contributed by atoms with van der Waals surface area (Å²) in [7, 11) is -3.77. The highest BCUT2D eigenvalue weighted by molar-refractivity contribution is 7.89. The van der Waals surface area contributed by atoms with Gasteiger partial charge >= 0.3 is 0 Å². The molecule has 21 heavy (non-hydrogen) atoms. The van der Waals surface area contributed by atoms with Gasteiger partial charge in [0.25, 0.3) is 0 Å². The normalized spacial score (nSPS) is 22.2. The minimum absolute atomic E-state index is 0.0832. The molecule has 0 spiro atoms. The summed E-state index contributed by atoms with van der Waals surface area (Å²) in [5.41, 5.74) is 5.28. The highest BCUT2D eigenvalue weighted by Crippen LogP contribution is 2.34. The van der Waals surface area contributed by atoms with Crippen LogP contribution in [0.5, 0.6) is 11.5 Å². The fraction of sp³-hybridized carbons (Fsp3) is 0.462. The highest BCUT2D eigenvalue weighted by atomic mass is 32.2. The average molecular weight is 312 g/mol. The van der Waals surface area contributed by atoms with Crippen LogP contribution in [0.3, 0.4) is 0 Å². The maximum absolute atomic E-state index is 12.7. The molecule has 1 atom stereocenters. The Labute approximate surface area is 122 Å². The largest absolute Gasteiger partial charge is 0.486 e. The van der Waals surface area contributed by atoms with E-state index in [1.165, 1.54) is 16.4 Å². The smallest absolute Gasteiger partial charge is 0.243 e. The SMILES string of the molecule is NC(=O)C1CCCN1S(=O)(=O)c1ccc2c(c1)OCCO2. The summed E-state index contributed by atoms with van der Waals surface area (Å²) < 4.78 is 37.2. The number of primary amides is 1. The fourth-order valence-electron chi connectivity index (χ4n) is 2.63. The average Bonchev–Trinajstić information content (AvgIpc) is 2.97. The van der Waals surface area contributed by atoms with Crippen LogP contribution in [0, 0.1) is 0 Å². The zero-order valence-electron chi connectivity index (χ0n) is 11.3.